The second kappa shape index (κ2) is 4.90. The van der Waals surface area contributed by atoms with Crippen LogP contribution in [-0.4, -0.2) is 23.1 Å². The number of rotatable bonds is 4. The molecule has 0 aromatic heterocycles. The van der Waals surface area contributed by atoms with Gasteiger partial charge in [-0.05, 0) is 18.4 Å². The van der Waals surface area contributed by atoms with Gasteiger partial charge in [0.1, 0.15) is 0 Å². The van der Waals surface area contributed by atoms with Gasteiger partial charge in [0.15, 0.2) is 0 Å². The first-order valence-corrected chi connectivity index (χ1v) is 6.78. The van der Waals surface area contributed by atoms with E-state index in [-0.39, 0.29) is 5.25 Å². The van der Waals surface area contributed by atoms with Crippen molar-refractivity contribution in [3.63, 3.8) is 0 Å². The molecular formula is C12H17NOS. The number of hydrogen-bond acceptors (Lipinski definition) is 2. The Labute approximate surface area is 93.5 Å². The summed E-state index contributed by atoms with van der Waals surface area (Å²) >= 11 is 0. The van der Waals surface area contributed by atoms with Crippen LogP contribution in [0.2, 0.25) is 0 Å². The second-order valence-electron chi connectivity index (χ2n) is 4.12. The number of hydrogen-bond donors (Lipinski definition) is 1. The Morgan fingerprint density at radius 1 is 1.40 bits per heavy atom. The van der Waals surface area contributed by atoms with Crippen molar-refractivity contribution in [3.05, 3.63) is 35.9 Å². The van der Waals surface area contributed by atoms with E-state index in [1.807, 2.05) is 18.2 Å². The third-order valence-corrected chi connectivity index (χ3v) is 4.79. The molecule has 0 saturated carbocycles. The van der Waals surface area contributed by atoms with Crippen LogP contribution < -0.4 is 5.32 Å². The van der Waals surface area contributed by atoms with Crippen LogP contribution in [0.1, 0.15) is 17.7 Å². The Balaban J connectivity index is 1.94. The molecule has 1 N–H and O–H groups in total. The molecular weight excluding hydrogens is 206 g/mol. The molecule has 15 heavy (non-hydrogen) atoms. The lowest BCUT2D eigenvalue weighted by Gasteiger charge is -2.27. The van der Waals surface area contributed by atoms with E-state index in [9.17, 15) is 4.21 Å². The van der Waals surface area contributed by atoms with Crippen molar-refractivity contribution < 1.29 is 4.21 Å². The first kappa shape index (κ1) is 10.8. The lowest BCUT2D eigenvalue weighted by Crippen LogP contribution is -2.45. The summed E-state index contributed by atoms with van der Waals surface area (Å²) < 4.78 is 12.0. The molecule has 1 aliphatic heterocycles. The van der Waals surface area contributed by atoms with Crippen molar-refractivity contribution in [1.29, 1.82) is 0 Å². The van der Waals surface area contributed by atoms with Crippen LogP contribution in [0.15, 0.2) is 30.3 Å². The van der Waals surface area contributed by atoms with Crippen molar-refractivity contribution in [2.45, 2.75) is 12.2 Å². The Kier molecular flexibility index (Phi) is 3.54. The molecule has 0 spiro atoms. The Hall–Kier alpha value is -0.670. The lowest BCUT2D eigenvalue weighted by molar-refractivity contribution is 0.382. The van der Waals surface area contributed by atoms with Gasteiger partial charge in [-0.3, -0.25) is 4.21 Å². The predicted molar refractivity (Wildman–Crippen MR) is 64.2 cm³/mol. The first-order valence-electron chi connectivity index (χ1n) is 5.40. The normalized spacial score (nSPS) is 20.6. The van der Waals surface area contributed by atoms with Crippen molar-refractivity contribution in [2.75, 3.05) is 18.8 Å². The van der Waals surface area contributed by atoms with Gasteiger partial charge in [-0.2, -0.15) is 0 Å². The molecule has 1 saturated heterocycles. The first-order chi connectivity index (χ1) is 7.27. The zero-order valence-electron chi connectivity index (χ0n) is 8.98. The van der Waals surface area contributed by atoms with Gasteiger partial charge in [0, 0.05) is 29.6 Å². The highest BCUT2D eigenvalue weighted by Gasteiger charge is 2.22. The van der Waals surface area contributed by atoms with Gasteiger partial charge in [0.05, 0.1) is 5.25 Å². The minimum atomic E-state index is -0.734. The zero-order valence-corrected chi connectivity index (χ0v) is 9.80. The zero-order chi connectivity index (χ0) is 10.7. The molecule has 2 atom stereocenters. The Morgan fingerprint density at radius 3 is 2.60 bits per heavy atom. The maximum Gasteiger partial charge on any atom is 0.0569 e. The maximum atomic E-state index is 12.0. The fourth-order valence-corrected chi connectivity index (χ4v) is 3.17. The quantitative estimate of drug-likeness (QED) is 0.842. The molecule has 0 amide bonds. The van der Waals surface area contributed by atoms with Crippen molar-refractivity contribution in [1.82, 2.24) is 5.32 Å². The van der Waals surface area contributed by atoms with E-state index in [1.165, 1.54) is 5.56 Å². The highest BCUT2D eigenvalue weighted by atomic mass is 32.2. The fraction of sp³-hybridized carbons (Fsp3) is 0.500. The SMILES string of the molecule is CC(c1ccccc1)S(=O)CC1CNC1. The summed E-state index contributed by atoms with van der Waals surface area (Å²) in [4.78, 5) is 0. The fourth-order valence-electron chi connectivity index (χ4n) is 1.72. The van der Waals surface area contributed by atoms with Gasteiger partial charge >= 0.3 is 0 Å². The van der Waals surface area contributed by atoms with Gasteiger partial charge in [-0.25, -0.2) is 0 Å². The van der Waals surface area contributed by atoms with Crippen LogP contribution in [0, 0.1) is 5.92 Å². The van der Waals surface area contributed by atoms with Crippen molar-refractivity contribution in [3.8, 4) is 0 Å². The molecule has 3 heteroatoms. The molecule has 2 rings (SSSR count). The highest BCUT2D eigenvalue weighted by Crippen LogP contribution is 2.21. The van der Waals surface area contributed by atoms with Crippen LogP contribution in [0.4, 0.5) is 0 Å². The minimum Gasteiger partial charge on any atom is -0.316 e. The largest absolute Gasteiger partial charge is 0.316 e. The van der Waals surface area contributed by atoms with Crippen LogP contribution >= 0.6 is 0 Å². The van der Waals surface area contributed by atoms with Gasteiger partial charge in [-0.15, -0.1) is 0 Å². The Morgan fingerprint density at radius 2 is 2.07 bits per heavy atom. The topological polar surface area (TPSA) is 29.1 Å². The standard InChI is InChI=1S/C12H17NOS/c1-10(12-5-3-2-4-6-12)15(14)9-11-7-13-8-11/h2-6,10-11,13H,7-9H2,1H3. The maximum absolute atomic E-state index is 12.0. The van der Waals surface area contributed by atoms with Crippen LogP contribution in [0.3, 0.4) is 0 Å². The molecule has 0 radical (unpaired) electrons. The summed E-state index contributed by atoms with van der Waals surface area (Å²) in [7, 11) is -0.734. The molecule has 1 aromatic rings. The molecule has 1 aromatic carbocycles. The minimum absolute atomic E-state index is 0.159. The second-order valence-corrected chi connectivity index (χ2v) is 5.93. The van der Waals surface area contributed by atoms with Gasteiger partial charge in [0.25, 0.3) is 0 Å². The van der Waals surface area contributed by atoms with Crippen LogP contribution in [0.25, 0.3) is 0 Å². The van der Waals surface area contributed by atoms with Crippen LogP contribution in [0.5, 0.6) is 0 Å². The van der Waals surface area contributed by atoms with Gasteiger partial charge in [0.2, 0.25) is 0 Å². The molecule has 1 fully saturated rings. The summed E-state index contributed by atoms with van der Waals surface area (Å²) in [6.07, 6.45) is 0. The van der Waals surface area contributed by atoms with Gasteiger partial charge in [-0.1, -0.05) is 30.3 Å². The highest BCUT2D eigenvalue weighted by molar-refractivity contribution is 7.85. The average molecular weight is 223 g/mol. The summed E-state index contributed by atoms with van der Waals surface area (Å²) in [5.74, 6) is 1.46. The third-order valence-electron chi connectivity index (χ3n) is 2.93. The van der Waals surface area contributed by atoms with Gasteiger partial charge < -0.3 is 5.32 Å². The number of nitrogens with one attached hydrogen (secondary N) is 1. The molecule has 2 nitrogen and oxygen atoms in total. The van der Waals surface area contributed by atoms with E-state index in [1.54, 1.807) is 0 Å². The molecule has 0 bridgehead atoms. The van der Waals surface area contributed by atoms with E-state index in [0.717, 1.165) is 18.8 Å². The molecule has 82 valence electrons. The van der Waals surface area contributed by atoms with E-state index in [2.05, 4.69) is 24.4 Å². The van der Waals surface area contributed by atoms with E-state index < -0.39 is 10.8 Å². The number of benzene rings is 1. The van der Waals surface area contributed by atoms with E-state index in [4.69, 9.17) is 0 Å². The lowest BCUT2D eigenvalue weighted by atomic mass is 10.1. The van der Waals surface area contributed by atoms with E-state index in [0.29, 0.717) is 5.92 Å². The molecule has 1 heterocycles. The average Bonchev–Trinajstić information content (AvgIpc) is 2.23. The smallest absolute Gasteiger partial charge is 0.0569 e. The van der Waals surface area contributed by atoms with Crippen molar-refractivity contribution in [2.24, 2.45) is 5.92 Å². The van der Waals surface area contributed by atoms with Crippen molar-refractivity contribution >= 4 is 10.8 Å². The summed E-state index contributed by atoms with van der Waals surface area (Å²) in [6.45, 7) is 4.12. The molecule has 1 aliphatic rings. The third kappa shape index (κ3) is 2.67. The van der Waals surface area contributed by atoms with Crippen LogP contribution in [-0.2, 0) is 10.8 Å². The molecule has 0 aliphatic carbocycles. The summed E-state index contributed by atoms with van der Waals surface area (Å²) in [5, 5.41) is 3.37. The molecule has 2 unspecified atom stereocenters. The van der Waals surface area contributed by atoms with E-state index >= 15 is 0 Å². The summed E-state index contributed by atoms with van der Waals surface area (Å²) in [5.41, 5.74) is 1.18. The predicted octanol–water partition coefficient (Wildman–Crippen LogP) is 1.72. The Bertz CT molecular complexity index is 335. The monoisotopic (exact) mass is 223 g/mol. The summed E-state index contributed by atoms with van der Waals surface area (Å²) in [6, 6.07) is 10.1.